The van der Waals surface area contributed by atoms with Gasteiger partial charge in [-0.25, -0.2) is 9.97 Å². The molecule has 0 saturated heterocycles. The third-order valence-electron chi connectivity index (χ3n) is 1.80. The lowest BCUT2D eigenvalue weighted by molar-refractivity contribution is -0.141. The van der Waals surface area contributed by atoms with Crippen LogP contribution in [-0.2, 0) is 6.18 Å². The molecular weight excluding hydrogens is 273 g/mol. The predicted molar refractivity (Wildman–Crippen MR) is 52.2 cm³/mol. The van der Waals surface area contributed by atoms with Crippen molar-refractivity contribution in [3.05, 3.63) is 34.6 Å². The van der Waals surface area contributed by atoms with Crippen molar-refractivity contribution >= 4 is 27.0 Å². The quantitative estimate of drug-likeness (QED) is 0.737. The van der Waals surface area contributed by atoms with Gasteiger partial charge in [0.05, 0.1) is 0 Å². The van der Waals surface area contributed by atoms with Crippen molar-refractivity contribution in [3.8, 4) is 0 Å². The third-order valence-corrected chi connectivity index (χ3v) is 2.23. The molecule has 0 radical (unpaired) electrons. The zero-order valence-electron chi connectivity index (χ0n) is 7.22. The number of rotatable bonds is 0. The van der Waals surface area contributed by atoms with Crippen LogP contribution in [0.2, 0.25) is 0 Å². The molecule has 78 valence electrons. The molecule has 2 aromatic rings. The van der Waals surface area contributed by atoms with E-state index in [0.717, 1.165) is 6.07 Å². The first kappa shape index (κ1) is 10.4. The molecule has 2 rings (SSSR count). The molecule has 0 aliphatic heterocycles. The first-order valence-electron chi connectivity index (χ1n) is 3.96. The molecular formula is C9H4BrF3N2. The first-order valence-corrected chi connectivity index (χ1v) is 4.75. The Morgan fingerprint density at radius 2 is 1.93 bits per heavy atom. The van der Waals surface area contributed by atoms with Crippen LogP contribution in [0.15, 0.2) is 28.9 Å². The maximum absolute atomic E-state index is 12.3. The Balaban J connectivity index is 2.62. The van der Waals surface area contributed by atoms with Crippen LogP contribution in [0.1, 0.15) is 5.69 Å². The van der Waals surface area contributed by atoms with Gasteiger partial charge in [0.25, 0.3) is 0 Å². The van der Waals surface area contributed by atoms with Crippen LogP contribution in [0.25, 0.3) is 11.0 Å². The summed E-state index contributed by atoms with van der Waals surface area (Å²) in [6.07, 6.45) is -3.02. The average Bonchev–Trinajstić information content (AvgIpc) is 2.15. The minimum absolute atomic E-state index is 0.0908. The van der Waals surface area contributed by atoms with Crippen LogP contribution >= 0.6 is 15.9 Å². The molecule has 0 spiro atoms. The van der Waals surface area contributed by atoms with Crippen molar-refractivity contribution in [2.75, 3.05) is 0 Å². The number of alkyl halides is 3. The Kier molecular flexibility index (Phi) is 2.38. The summed E-state index contributed by atoms with van der Waals surface area (Å²) in [5.74, 6) is 0. The summed E-state index contributed by atoms with van der Waals surface area (Å²) in [6, 6.07) is 3.95. The van der Waals surface area contributed by atoms with E-state index in [1.165, 1.54) is 12.3 Å². The highest BCUT2D eigenvalue weighted by molar-refractivity contribution is 9.10. The molecule has 0 N–H and O–H groups in total. The lowest BCUT2D eigenvalue weighted by atomic mass is 10.2. The van der Waals surface area contributed by atoms with Crippen molar-refractivity contribution in [1.82, 2.24) is 9.97 Å². The molecule has 0 unspecified atom stereocenters. The molecule has 2 aromatic heterocycles. The van der Waals surface area contributed by atoms with Crippen molar-refractivity contribution in [3.63, 3.8) is 0 Å². The standard InChI is InChI=1S/C9H4BrF3N2/c10-6-3-5-1-2-7(9(11,12)13)15-8(5)14-4-6/h1-4H. The lowest BCUT2D eigenvalue weighted by Crippen LogP contribution is -2.07. The number of pyridine rings is 2. The van der Waals surface area contributed by atoms with Crippen molar-refractivity contribution in [2.24, 2.45) is 0 Å². The fourth-order valence-corrected chi connectivity index (χ4v) is 1.49. The number of hydrogen-bond donors (Lipinski definition) is 0. The van der Waals surface area contributed by atoms with Gasteiger partial charge < -0.3 is 0 Å². The Labute approximate surface area is 91.3 Å². The van der Waals surface area contributed by atoms with Gasteiger partial charge in [-0.2, -0.15) is 13.2 Å². The van der Waals surface area contributed by atoms with E-state index >= 15 is 0 Å². The van der Waals surface area contributed by atoms with Gasteiger partial charge in [-0.3, -0.25) is 0 Å². The second-order valence-electron chi connectivity index (χ2n) is 2.89. The summed E-state index contributed by atoms with van der Waals surface area (Å²) in [5.41, 5.74) is -0.835. The monoisotopic (exact) mass is 276 g/mol. The topological polar surface area (TPSA) is 25.8 Å². The number of halogens is 4. The van der Waals surface area contributed by atoms with E-state index in [9.17, 15) is 13.2 Å². The van der Waals surface area contributed by atoms with Crippen LogP contribution in [0, 0.1) is 0 Å². The Bertz CT molecular complexity index is 510. The zero-order valence-corrected chi connectivity index (χ0v) is 8.80. The summed E-state index contributed by atoms with van der Waals surface area (Å²) < 4.78 is 37.6. The molecule has 6 heteroatoms. The van der Waals surface area contributed by atoms with E-state index in [1.807, 2.05) is 0 Å². The van der Waals surface area contributed by atoms with Crippen LogP contribution in [-0.4, -0.2) is 9.97 Å². The molecule has 0 aliphatic carbocycles. The summed E-state index contributed by atoms with van der Waals surface area (Å²) in [6.45, 7) is 0. The Hall–Kier alpha value is -1.17. The lowest BCUT2D eigenvalue weighted by Gasteiger charge is -2.05. The van der Waals surface area contributed by atoms with Gasteiger partial charge in [0.15, 0.2) is 5.65 Å². The van der Waals surface area contributed by atoms with E-state index < -0.39 is 11.9 Å². The normalized spacial score (nSPS) is 12.0. The summed E-state index contributed by atoms with van der Waals surface area (Å²) in [4.78, 5) is 7.23. The van der Waals surface area contributed by atoms with Gasteiger partial charge in [-0.05, 0) is 34.1 Å². The van der Waals surface area contributed by atoms with Crippen molar-refractivity contribution in [1.29, 1.82) is 0 Å². The van der Waals surface area contributed by atoms with E-state index in [4.69, 9.17) is 0 Å². The van der Waals surface area contributed by atoms with Crippen LogP contribution in [0.4, 0.5) is 13.2 Å². The SMILES string of the molecule is FC(F)(F)c1ccc2cc(Br)cnc2n1. The first-order chi connectivity index (χ1) is 6.97. The largest absolute Gasteiger partial charge is 0.433 e. The van der Waals surface area contributed by atoms with Gasteiger partial charge in [-0.1, -0.05) is 0 Å². The van der Waals surface area contributed by atoms with Gasteiger partial charge in [0, 0.05) is 16.1 Å². The van der Waals surface area contributed by atoms with E-state index in [0.29, 0.717) is 9.86 Å². The minimum atomic E-state index is -4.43. The van der Waals surface area contributed by atoms with E-state index in [1.54, 1.807) is 6.07 Å². The summed E-state index contributed by atoms with van der Waals surface area (Å²) in [5, 5.41) is 0.567. The highest BCUT2D eigenvalue weighted by atomic mass is 79.9. The number of hydrogen-bond acceptors (Lipinski definition) is 2. The second-order valence-corrected chi connectivity index (χ2v) is 3.81. The molecule has 0 saturated carbocycles. The maximum atomic E-state index is 12.3. The van der Waals surface area contributed by atoms with Crippen molar-refractivity contribution < 1.29 is 13.2 Å². The summed E-state index contributed by atoms with van der Waals surface area (Å²) in [7, 11) is 0. The maximum Gasteiger partial charge on any atom is 0.433 e. The van der Waals surface area contributed by atoms with E-state index in [2.05, 4.69) is 25.9 Å². The van der Waals surface area contributed by atoms with Crippen molar-refractivity contribution in [2.45, 2.75) is 6.18 Å². The van der Waals surface area contributed by atoms with Crippen LogP contribution < -0.4 is 0 Å². The molecule has 0 aliphatic rings. The third kappa shape index (κ3) is 2.09. The predicted octanol–water partition coefficient (Wildman–Crippen LogP) is 3.41. The number of nitrogens with zero attached hydrogens (tertiary/aromatic N) is 2. The molecule has 2 heterocycles. The number of aromatic nitrogens is 2. The molecule has 15 heavy (non-hydrogen) atoms. The summed E-state index contributed by atoms with van der Waals surface area (Å²) >= 11 is 3.18. The molecule has 0 amide bonds. The van der Waals surface area contributed by atoms with Gasteiger partial charge in [-0.15, -0.1) is 0 Å². The van der Waals surface area contributed by atoms with Gasteiger partial charge in [0.2, 0.25) is 0 Å². The smallest absolute Gasteiger partial charge is 0.235 e. The average molecular weight is 277 g/mol. The van der Waals surface area contributed by atoms with Gasteiger partial charge >= 0.3 is 6.18 Å². The fraction of sp³-hybridized carbons (Fsp3) is 0.111. The highest BCUT2D eigenvalue weighted by Crippen LogP contribution is 2.28. The molecule has 0 bridgehead atoms. The van der Waals surface area contributed by atoms with Gasteiger partial charge in [0.1, 0.15) is 5.69 Å². The van der Waals surface area contributed by atoms with Crippen LogP contribution in [0.5, 0.6) is 0 Å². The molecule has 0 aromatic carbocycles. The molecule has 2 nitrogen and oxygen atoms in total. The Morgan fingerprint density at radius 3 is 2.60 bits per heavy atom. The zero-order chi connectivity index (χ0) is 11.1. The Morgan fingerprint density at radius 1 is 1.20 bits per heavy atom. The van der Waals surface area contributed by atoms with Crippen LogP contribution in [0.3, 0.4) is 0 Å². The second kappa shape index (κ2) is 3.44. The molecule has 0 atom stereocenters. The van der Waals surface area contributed by atoms with E-state index in [-0.39, 0.29) is 5.65 Å². The number of fused-ring (bicyclic) bond motifs is 1. The molecule has 0 fully saturated rings. The highest BCUT2D eigenvalue weighted by Gasteiger charge is 2.32. The minimum Gasteiger partial charge on any atom is -0.235 e. The fourth-order valence-electron chi connectivity index (χ4n) is 1.14.